The van der Waals surface area contributed by atoms with Gasteiger partial charge in [0.25, 0.3) is 0 Å². The maximum absolute atomic E-state index is 6.39. The molecule has 0 saturated heterocycles. The number of nitrogens with one attached hydrogen (secondary N) is 1. The molecule has 2 aromatic heterocycles. The van der Waals surface area contributed by atoms with Gasteiger partial charge in [0.2, 0.25) is 0 Å². The summed E-state index contributed by atoms with van der Waals surface area (Å²) in [5, 5.41) is 13.1. The molecule has 1 N–H and O–H groups in total. The molecule has 6 heteroatoms. The van der Waals surface area contributed by atoms with Gasteiger partial charge < -0.3 is 5.32 Å². The summed E-state index contributed by atoms with van der Waals surface area (Å²) in [5.41, 5.74) is 1.99. The van der Waals surface area contributed by atoms with Gasteiger partial charge in [-0.05, 0) is 55.6 Å². The second kappa shape index (κ2) is 6.05. The van der Waals surface area contributed by atoms with Gasteiger partial charge in [0.05, 0.1) is 5.02 Å². The van der Waals surface area contributed by atoms with Gasteiger partial charge in [0.1, 0.15) is 0 Å². The molecule has 0 spiro atoms. The van der Waals surface area contributed by atoms with Gasteiger partial charge in [-0.25, -0.2) is 0 Å². The van der Waals surface area contributed by atoms with Crippen molar-refractivity contribution in [2.24, 2.45) is 0 Å². The molecule has 2 heterocycles. The van der Waals surface area contributed by atoms with Gasteiger partial charge in [-0.15, -0.1) is 10.2 Å². The topological polar surface area (TPSA) is 42.2 Å². The summed E-state index contributed by atoms with van der Waals surface area (Å²) in [5.74, 6) is 0. The number of benzene rings is 1. The lowest BCUT2D eigenvalue weighted by atomic mass is 10.1. The van der Waals surface area contributed by atoms with Crippen molar-refractivity contribution in [2.75, 3.05) is 7.05 Å². The molecule has 3 rings (SSSR count). The number of pyridine rings is 1. The largest absolute Gasteiger partial charge is 0.313 e. The molecule has 21 heavy (non-hydrogen) atoms. The second-order valence-corrected chi connectivity index (χ2v) is 6.13. The zero-order valence-electron chi connectivity index (χ0n) is 11.7. The molecule has 3 aromatic rings. The quantitative estimate of drug-likeness (QED) is 0.794. The minimum atomic E-state index is 0.274. The first-order valence-corrected chi connectivity index (χ1v) is 7.83. The number of rotatable bonds is 4. The highest BCUT2D eigenvalue weighted by Gasteiger charge is 2.11. The molecule has 4 nitrogen and oxygen atoms in total. The van der Waals surface area contributed by atoms with Crippen LogP contribution in [-0.4, -0.2) is 21.6 Å². The van der Waals surface area contributed by atoms with Crippen LogP contribution in [0.15, 0.2) is 52.6 Å². The van der Waals surface area contributed by atoms with Crippen LogP contribution >= 0.6 is 23.4 Å². The zero-order valence-corrected chi connectivity index (χ0v) is 13.3. The summed E-state index contributed by atoms with van der Waals surface area (Å²) < 4.78 is 1.95. The van der Waals surface area contributed by atoms with Crippen LogP contribution in [-0.2, 0) is 0 Å². The van der Waals surface area contributed by atoms with Crippen molar-refractivity contribution >= 4 is 29.0 Å². The third-order valence-corrected chi connectivity index (χ3v) is 4.83. The monoisotopic (exact) mass is 318 g/mol. The van der Waals surface area contributed by atoms with E-state index >= 15 is 0 Å². The van der Waals surface area contributed by atoms with Crippen LogP contribution in [0.4, 0.5) is 0 Å². The Morgan fingerprint density at radius 2 is 2.10 bits per heavy atom. The van der Waals surface area contributed by atoms with Crippen LogP contribution in [0, 0.1) is 0 Å². The van der Waals surface area contributed by atoms with E-state index in [-0.39, 0.29) is 6.04 Å². The Balaban J connectivity index is 1.91. The maximum Gasteiger partial charge on any atom is 0.200 e. The minimum Gasteiger partial charge on any atom is -0.313 e. The summed E-state index contributed by atoms with van der Waals surface area (Å²) in [4.78, 5) is 0.974. The van der Waals surface area contributed by atoms with E-state index in [1.807, 2.05) is 48.0 Å². The van der Waals surface area contributed by atoms with Crippen LogP contribution in [0.5, 0.6) is 0 Å². The van der Waals surface area contributed by atoms with Crippen molar-refractivity contribution in [3.05, 3.63) is 53.2 Å². The molecule has 0 fully saturated rings. The lowest BCUT2D eigenvalue weighted by Gasteiger charge is -2.12. The van der Waals surface area contributed by atoms with Gasteiger partial charge >= 0.3 is 0 Å². The van der Waals surface area contributed by atoms with Crippen molar-refractivity contribution in [2.45, 2.75) is 23.0 Å². The van der Waals surface area contributed by atoms with Gasteiger partial charge in [-0.3, -0.25) is 4.40 Å². The first-order valence-electron chi connectivity index (χ1n) is 6.63. The fourth-order valence-electron chi connectivity index (χ4n) is 2.02. The molecular weight excluding hydrogens is 304 g/mol. The van der Waals surface area contributed by atoms with E-state index in [9.17, 15) is 0 Å². The molecule has 0 aliphatic carbocycles. The fourth-order valence-corrected chi connectivity index (χ4v) is 3.15. The highest BCUT2D eigenvalue weighted by atomic mass is 35.5. The molecule has 0 saturated carbocycles. The molecule has 1 aromatic carbocycles. The molecule has 0 bridgehead atoms. The average molecular weight is 319 g/mol. The highest BCUT2D eigenvalue weighted by Crippen LogP contribution is 2.34. The van der Waals surface area contributed by atoms with Crippen LogP contribution < -0.4 is 5.32 Å². The average Bonchev–Trinajstić information content (AvgIpc) is 2.92. The normalized spacial score (nSPS) is 12.7. The van der Waals surface area contributed by atoms with Crippen molar-refractivity contribution in [3.8, 4) is 0 Å². The Hall–Kier alpha value is -1.56. The van der Waals surface area contributed by atoms with Crippen LogP contribution in [0.25, 0.3) is 5.65 Å². The van der Waals surface area contributed by atoms with Crippen molar-refractivity contribution in [1.82, 2.24) is 19.9 Å². The second-order valence-electron chi connectivity index (χ2n) is 4.71. The standard InChI is InChI=1S/C15H15ClN4S/c1-10(17-2)11-6-7-13(12(16)9-11)21-15-19-18-14-5-3-4-8-20(14)15/h3-10,17H,1-2H3. The first-order chi connectivity index (χ1) is 10.2. The van der Waals surface area contributed by atoms with E-state index in [1.165, 1.54) is 11.8 Å². The Kier molecular flexibility index (Phi) is 4.14. The molecule has 0 amide bonds. The van der Waals surface area contributed by atoms with Gasteiger partial charge in [-0.1, -0.05) is 23.7 Å². The third kappa shape index (κ3) is 2.90. The predicted molar refractivity (Wildman–Crippen MR) is 86.0 cm³/mol. The first kappa shape index (κ1) is 14.4. The number of hydrogen-bond donors (Lipinski definition) is 1. The van der Waals surface area contributed by atoms with E-state index in [0.29, 0.717) is 0 Å². The Morgan fingerprint density at radius 3 is 2.86 bits per heavy atom. The predicted octanol–water partition coefficient (Wildman–Crippen LogP) is 3.81. The van der Waals surface area contributed by atoms with Crippen LogP contribution in [0.3, 0.4) is 0 Å². The number of hydrogen-bond acceptors (Lipinski definition) is 4. The third-order valence-electron chi connectivity index (χ3n) is 3.37. The van der Waals surface area contributed by atoms with Gasteiger partial charge in [0.15, 0.2) is 10.8 Å². The maximum atomic E-state index is 6.39. The Morgan fingerprint density at radius 1 is 1.24 bits per heavy atom. The fraction of sp³-hybridized carbons (Fsp3) is 0.200. The van der Waals surface area contributed by atoms with E-state index in [1.54, 1.807) is 0 Å². The summed E-state index contributed by atoms with van der Waals surface area (Å²) in [6.45, 7) is 2.10. The smallest absolute Gasteiger partial charge is 0.200 e. The SMILES string of the molecule is CNC(C)c1ccc(Sc2nnc3ccccn23)c(Cl)c1. The highest BCUT2D eigenvalue weighted by molar-refractivity contribution is 7.99. The van der Waals surface area contributed by atoms with E-state index in [4.69, 9.17) is 11.6 Å². The molecule has 0 aliphatic rings. The summed E-state index contributed by atoms with van der Waals surface area (Å²) in [6, 6.07) is 12.2. The van der Waals surface area contributed by atoms with E-state index in [0.717, 1.165) is 26.3 Å². The molecule has 0 radical (unpaired) electrons. The zero-order chi connectivity index (χ0) is 14.8. The Labute approximate surface area is 132 Å². The molecule has 1 atom stereocenters. The number of halogens is 1. The number of fused-ring (bicyclic) bond motifs is 1. The summed E-state index contributed by atoms with van der Waals surface area (Å²) >= 11 is 7.91. The van der Waals surface area contributed by atoms with E-state index in [2.05, 4.69) is 28.5 Å². The lowest BCUT2D eigenvalue weighted by Crippen LogP contribution is -2.12. The summed E-state index contributed by atoms with van der Waals surface area (Å²) in [6.07, 6.45) is 1.95. The molecule has 108 valence electrons. The van der Waals surface area contributed by atoms with Gasteiger partial charge in [-0.2, -0.15) is 0 Å². The van der Waals surface area contributed by atoms with E-state index < -0.39 is 0 Å². The van der Waals surface area contributed by atoms with Gasteiger partial charge in [0, 0.05) is 17.1 Å². The van der Waals surface area contributed by atoms with Crippen molar-refractivity contribution in [1.29, 1.82) is 0 Å². The van der Waals surface area contributed by atoms with Crippen LogP contribution in [0.2, 0.25) is 5.02 Å². The van der Waals surface area contributed by atoms with Crippen molar-refractivity contribution in [3.63, 3.8) is 0 Å². The minimum absolute atomic E-state index is 0.274. The molecular formula is C15H15ClN4S. The van der Waals surface area contributed by atoms with Crippen molar-refractivity contribution < 1.29 is 0 Å². The van der Waals surface area contributed by atoms with Crippen LogP contribution in [0.1, 0.15) is 18.5 Å². The summed E-state index contributed by atoms with van der Waals surface area (Å²) in [7, 11) is 1.93. The Bertz CT molecular complexity index is 771. The number of nitrogens with zero attached hydrogens (tertiary/aromatic N) is 3. The molecule has 1 unspecified atom stereocenters. The molecule has 0 aliphatic heterocycles. The lowest BCUT2D eigenvalue weighted by molar-refractivity contribution is 0.652. The number of aromatic nitrogens is 3.